The van der Waals surface area contributed by atoms with Crippen molar-refractivity contribution in [2.75, 3.05) is 5.32 Å². The van der Waals surface area contributed by atoms with Gasteiger partial charge in [-0.3, -0.25) is 0 Å². The molecule has 5 nitrogen and oxygen atoms in total. The van der Waals surface area contributed by atoms with Crippen LogP contribution in [0.15, 0.2) is 67.0 Å². The van der Waals surface area contributed by atoms with Gasteiger partial charge in [-0.1, -0.05) is 25.1 Å². The summed E-state index contributed by atoms with van der Waals surface area (Å²) in [7, 11) is 0. The van der Waals surface area contributed by atoms with Crippen LogP contribution in [0, 0.1) is 12.7 Å². The Balaban J connectivity index is 1.62. The molecule has 2 aromatic carbocycles. The van der Waals surface area contributed by atoms with Crippen LogP contribution in [0.25, 0.3) is 16.9 Å². The first-order valence-corrected chi connectivity index (χ1v) is 9.14. The van der Waals surface area contributed by atoms with Crippen molar-refractivity contribution in [1.29, 1.82) is 0 Å². The van der Waals surface area contributed by atoms with Crippen LogP contribution in [-0.4, -0.2) is 19.7 Å². The predicted octanol–water partition coefficient (Wildman–Crippen LogP) is 5.08. The van der Waals surface area contributed by atoms with Gasteiger partial charge in [-0.15, -0.1) is 0 Å². The number of aryl methyl sites for hydroxylation is 2. The van der Waals surface area contributed by atoms with Crippen LogP contribution in [-0.2, 0) is 6.42 Å². The highest BCUT2D eigenvalue weighted by Crippen LogP contribution is 2.24. The summed E-state index contributed by atoms with van der Waals surface area (Å²) in [6.07, 6.45) is 4.57. The van der Waals surface area contributed by atoms with E-state index in [-0.39, 0.29) is 5.82 Å². The zero-order chi connectivity index (χ0) is 19.5. The lowest BCUT2D eigenvalue weighted by atomic mass is 10.1. The second kappa shape index (κ2) is 7.60. The van der Waals surface area contributed by atoms with Gasteiger partial charge in [0.15, 0.2) is 0 Å². The smallest absolute Gasteiger partial charge is 0.227 e. The summed E-state index contributed by atoms with van der Waals surface area (Å²) < 4.78 is 15.2. The molecule has 2 heterocycles. The highest BCUT2D eigenvalue weighted by atomic mass is 19.1. The molecule has 28 heavy (non-hydrogen) atoms. The van der Waals surface area contributed by atoms with Gasteiger partial charge >= 0.3 is 0 Å². The fourth-order valence-corrected chi connectivity index (χ4v) is 2.98. The standard InChI is InChI=1S/C22H20FN5/c1-3-16-7-9-18(10-8-16)25-22-24-12-11-21(26-22)20-14-28(27-15(20)2)19-6-4-5-17(23)13-19/h4-14H,3H2,1-2H3,(H,24,25,26). The highest BCUT2D eigenvalue weighted by Gasteiger charge is 2.11. The van der Waals surface area contributed by atoms with Gasteiger partial charge < -0.3 is 5.32 Å². The third-order valence-electron chi connectivity index (χ3n) is 4.52. The first-order valence-electron chi connectivity index (χ1n) is 9.14. The van der Waals surface area contributed by atoms with Crippen LogP contribution < -0.4 is 5.32 Å². The van der Waals surface area contributed by atoms with Crippen LogP contribution in [0.1, 0.15) is 18.2 Å². The third kappa shape index (κ3) is 3.76. The van der Waals surface area contributed by atoms with E-state index in [9.17, 15) is 4.39 Å². The maximum Gasteiger partial charge on any atom is 0.227 e. The van der Waals surface area contributed by atoms with Crippen molar-refractivity contribution < 1.29 is 4.39 Å². The van der Waals surface area contributed by atoms with Crippen molar-refractivity contribution >= 4 is 11.6 Å². The van der Waals surface area contributed by atoms with Crippen LogP contribution in [0.2, 0.25) is 0 Å². The van der Waals surface area contributed by atoms with E-state index in [0.29, 0.717) is 11.6 Å². The summed E-state index contributed by atoms with van der Waals surface area (Å²) in [4.78, 5) is 8.93. The van der Waals surface area contributed by atoms with Gasteiger partial charge in [-0.2, -0.15) is 5.10 Å². The summed E-state index contributed by atoms with van der Waals surface area (Å²) in [6, 6.07) is 16.4. The average molecular weight is 373 g/mol. The van der Waals surface area contributed by atoms with Gasteiger partial charge in [0.2, 0.25) is 5.95 Å². The number of anilines is 2. The van der Waals surface area contributed by atoms with E-state index in [1.807, 2.05) is 37.4 Å². The summed E-state index contributed by atoms with van der Waals surface area (Å²) in [5.41, 5.74) is 5.31. The Morgan fingerprint density at radius 2 is 1.89 bits per heavy atom. The van der Waals surface area contributed by atoms with Gasteiger partial charge in [-0.05, 0) is 55.3 Å². The highest BCUT2D eigenvalue weighted by molar-refractivity contribution is 5.64. The lowest BCUT2D eigenvalue weighted by molar-refractivity contribution is 0.625. The van der Waals surface area contributed by atoms with Crippen molar-refractivity contribution in [2.24, 2.45) is 0 Å². The number of aromatic nitrogens is 4. The Kier molecular flexibility index (Phi) is 4.85. The fraction of sp³-hybridized carbons (Fsp3) is 0.136. The molecule has 0 aliphatic rings. The molecule has 0 aliphatic heterocycles. The number of hydrogen-bond acceptors (Lipinski definition) is 4. The SMILES string of the molecule is CCc1ccc(Nc2nccc(-c3cn(-c4cccc(F)c4)nc3C)n2)cc1. The molecule has 4 rings (SSSR count). The predicted molar refractivity (Wildman–Crippen MR) is 108 cm³/mol. The molecule has 6 heteroatoms. The van der Waals surface area contributed by atoms with Crippen LogP contribution in [0.4, 0.5) is 16.0 Å². The Labute approximate surface area is 162 Å². The molecule has 4 aromatic rings. The number of rotatable bonds is 5. The van der Waals surface area contributed by atoms with E-state index in [0.717, 1.165) is 29.1 Å². The van der Waals surface area contributed by atoms with Crippen LogP contribution in [0.3, 0.4) is 0 Å². The monoisotopic (exact) mass is 373 g/mol. The van der Waals surface area contributed by atoms with Crippen molar-refractivity contribution in [2.45, 2.75) is 20.3 Å². The molecular weight excluding hydrogens is 353 g/mol. The second-order valence-corrected chi connectivity index (χ2v) is 6.49. The molecule has 0 spiro atoms. The van der Waals surface area contributed by atoms with Gasteiger partial charge in [0.25, 0.3) is 0 Å². The van der Waals surface area contributed by atoms with Gasteiger partial charge in [0.1, 0.15) is 5.82 Å². The van der Waals surface area contributed by atoms with Crippen LogP contribution in [0.5, 0.6) is 0 Å². The largest absolute Gasteiger partial charge is 0.324 e. The average Bonchev–Trinajstić information content (AvgIpc) is 3.11. The zero-order valence-corrected chi connectivity index (χ0v) is 15.7. The van der Waals surface area contributed by atoms with E-state index in [2.05, 4.69) is 39.4 Å². The van der Waals surface area contributed by atoms with Crippen molar-refractivity contribution in [1.82, 2.24) is 19.7 Å². The molecule has 0 unspecified atom stereocenters. The maximum atomic E-state index is 13.5. The number of nitrogens with one attached hydrogen (secondary N) is 1. The Morgan fingerprint density at radius 3 is 2.64 bits per heavy atom. The normalized spacial score (nSPS) is 10.8. The van der Waals surface area contributed by atoms with Crippen LogP contribution >= 0.6 is 0 Å². The van der Waals surface area contributed by atoms with Crippen molar-refractivity contribution in [3.05, 3.63) is 84.1 Å². The minimum Gasteiger partial charge on any atom is -0.324 e. The molecule has 0 bridgehead atoms. The second-order valence-electron chi connectivity index (χ2n) is 6.49. The molecule has 0 saturated carbocycles. The molecule has 0 fully saturated rings. The minimum atomic E-state index is -0.296. The van der Waals surface area contributed by atoms with E-state index < -0.39 is 0 Å². The lowest BCUT2D eigenvalue weighted by Crippen LogP contribution is -1.98. The van der Waals surface area contributed by atoms with Gasteiger partial charge in [-0.25, -0.2) is 19.0 Å². The molecule has 0 amide bonds. The lowest BCUT2D eigenvalue weighted by Gasteiger charge is -2.07. The van der Waals surface area contributed by atoms with Crippen molar-refractivity contribution in [3.8, 4) is 16.9 Å². The molecule has 0 radical (unpaired) electrons. The first kappa shape index (κ1) is 17.9. The van der Waals surface area contributed by atoms with Crippen molar-refractivity contribution in [3.63, 3.8) is 0 Å². The number of benzene rings is 2. The summed E-state index contributed by atoms with van der Waals surface area (Å²) in [6.45, 7) is 4.03. The zero-order valence-electron chi connectivity index (χ0n) is 15.7. The molecular formula is C22H20FN5. The molecule has 0 saturated heterocycles. The van der Waals surface area contributed by atoms with E-state index >= 15 is 0 Å². The van der Waals surface area contributed by atoms with E-state index in [4.69, 9.17) is 0 Å². The molecule has 0 aliphatic carbocycles. The Bertz CT molecular complexity index is 1100. The third-order valence-corrected chi connectivity index (χ3v) is 4.52. The van der Waals surface area contributed by atoms with Gasteiger partial charge in [0, 0.05) is 23.6 Å². The Morgan fingerprint density at radius 1 is 1.07 bits per heavy atom. The number of hydrogen-bond donors (Lipinski definition) is 1. The number of halogens is 1. The summed E-state index contributed by atoms with van der Waals surface area (Å²) in [5, 5.41) is 7.73. The molecule has 0 atom stereocenters. The maximum absolute atomic E-state index is 13.5. The topological polar surface area (TPSA) is 55.6 Å². The summed E-state index contributed by atoms with van der Waals surface area (Å²) in [5.74, 6) is 0.217. The molecule has 1 N–H and O–H groups in total. The summed E-state index contributed by atoms with van der Waals surface area (Å²) >= 11 is 0. The van der Waals surface area contributed by atoms with E-state index in [1.165, 1.54) is 17.7 Å². The number of nitrogens with zero attached hydrogens (tertiary/aromatic N) is 4. The minimum absolute atomic E-state index is 0.296. The Hall–Kier alpha value is -3.54. The van der Waals surface area contributed by atoms with E-state index in [1.54, 1.807) is 16.9 Å². The quantitative estimate of drug-likeness (QED) is 0.530. The molecule has 140 valence electrons. The fourth-order valence-electron chi connectivity index (χ4n) is 2.98. The molecule has 2 aromatic heterocycles. The van der Waals surface area contributed by atoms with Gasteiger partial charge in [0.05, 0.1) is 17.1 Å². The first-order chi connectivity index (χ1) is 13.6.